The van der Waals surface area contributed by atoms with E-state index in [1.165, 1.54) is 6.92 Å². The number of amides is 2. The summed E-state index contributed by atoms with van der Waals surface area (Å²) in [6, 6.07) is 9.72. The van der Waals surface area contributed by atoms with Crippen LogP contribution in [0.3, 0.4) is 0 Å². The highest BCUT2D eigenvalue weighted by Gasteiger charge is 2.68. The van der Waals surface area contributed by atoms with Crippen molar-refractivity contribution in [2.45, 2.75) is 90.6 Å². The van der Waals surface area contributed by atoms with E-state index in [1.54, 1.807) is 30.6 Å². The largest absolute Gasteiger partial charge is 0.481 e. The monoisotopic (exact) mass is 547 g/mol. The summed E-state index contributed by atoms with van der Waals surface area (Å²) in [6.45, 7) is 12.5. The second-order valence-corrected chi connectivity index (χ2v) is 13.1. The third kappa shape index (κ3) is 5.31. The van der Waals surface area contributed by atoms with E-state index in [0.29, 0.717) is 23.8 Å². The van der Waals surface area contributed by atoms with Crippen LogP contribution in [0.2, 0.25) is 0 Å². The molecule has 4 fully saturated rings. The van der Waals surface area contributed by atoms with Crippen LogP contribution >= 0.6 is 0 Å². The van der Waals surface area contributed by atoms with Crippen LogP contribution in [-0.2, 0) is 14.1 Å². The molecule has 7 atom stereocenters. The van der Waals surface area contributed by atoms with Gasteiger partial charge >= 0.3 is 7.12 Å². The Morgan fingerprint density at radius 1 is 1.10 bits per heavy atom. The Labute approximate surface area is 237 Å². The first-order chi connectivity index (χ1) is 18.9. The van der Waals surface area contributed by atoms with Crippen LogP contribution in [-0.4, -0.2) is 58.8 Å². The zero-order valence-corrected chi connectivity index (χ0v) is 24.4. The third-order valence-corrected chi connectivity index (χ3v) is 9.52. The van der Waals surface area contributed by atoms with Gasteiger partial charge in [-0.25, -0.2) is 0 Å². The predicted octanol–water partition coefficient (Wildman–Crippen LogP) is 4.03. The Morgan fingerprint density at radius 2 is 1.85 bits per heavy atom. The lowest BCUT2D eigenvalue weighted by molar-refractivity contribution is -0.199. The number of aliphatic hydroxyl groups excluding tert-OH is 1. The first kappa shape index (κ1) is 28.8. The molecule has 9 heteroatoms. The zero-order valence-electron chi connectivity index (χ0n) is 24.4. The normalized spacial score (nSPS) is 28.7. The SMILES string of the molecule is CC(C)C[C@H](NC(=O)[C@@H](NC(=O)c1cccc(-c2cccnc2)c1)[C@@H](C)O)B1O[C@@H]2C[C@H]3C[C@H](C3(C)C)[C@]2(C)O1. The molecule has 0 unspecified atom stereocenters. The van der Waals surface area contributed by atoms with Crippen molar-refractivity contribution >= 4 is 18.9 Å². The molecule has 6 rings (SSSR count). The number of rotatable bonds is 9. The molecular weight excluding hydrogens is 505 g/mol. The molecule has 8 nitrogen and oxygen atoms in total. The van der Waals surface area contributed by atoms with E-state index in [1.807, 2.05) is 18.2 Å². The maximum atomic E-state index is 13.6. The highest BCUT2D eigenvalue weighted by Crippen LogP contribution is 2.65. The number of aliphatic hydroxyl groups is 1. The van der Waals surface area contributed by atoms with Crippen molar-refractivity contribution in [3.8, 4) is 11.1 Å². The quantitative estimate of drug-likeness (QED) is 0.409. The lowest BCUT2D eigenvalue weighted by atomic mass is 9.43. The zero-order chi connectivity index (χ0) is 28.8. The molecule has 1 aromatic heterocycles. The fourth-order valence-corrected chi connectivity index (χ4v) is 7.09. The molecule has 214 valence electrons. The Hall–Kier alpha value is -2.75. The molecule has 1 aromatic carbocycles. The van der Waals surface area contributed by atoms with Crippen molar-refractivity contribution in [2.75, 3.05) is 0 Å². The summed E-state index contributed by atoms with van der Waals surface area (Å²) >= 11 is 0. The standard InChI is InChI=1S/C31H42BN3O5/c1-18(2)13-26(32-39-25-16-23-15-24(30(23,4)5)31(25,6)40-32)34-29(38)27(19(3)36)35-28(37)21-10-7-9-20(14-21)22-11-8-12-33-17-22/h7-12,14,17-19,23-27,36H,13,15-16H2,1-6H3,(H,34,38)(H,35,37)/t19-,23-,24-,25-,26+,27+,31+/m1/s1. The Balaban J connectivity index is 1.29. The Bertz CT molecular complexity index is 1240. The van der Waals surface area contributed by atoms with Crippen LogP contribution in [0, 0.1) is 23.2 Å². The van der Waals surface area contributed by atoms with Crippen LogP contribution < -0.4 is 10.6 Å². The van der Waals surface area contributed by atoms with Gasteiger partial charge in [0, 0.05) is 23.5 Å². The smallest absolute Gasteiger partial charge is 0.404 e. The van der Waals surface area contributed by atoms with Gasteiger partial charge in [0.1, 0.15) is 6.04 Å². The van der Waals surface area contributed by atoms with Gasteiger partial charge < -0.3 is 25.0 Å². The van der Waals surface area contributed by atoms with Crippen LogP contribution in [0.5, 0.6) is 0 Å². The van der Waals surface area contributed by atoms with Gasteiger partial charge in [-0.1, -0.05) is 45.9 Å². The van der Waals surface area contributed by atoms with Gasteiger partial charge in [-0.15, -0.1) is 0 Å². The molecule has 2 amide bonds. The van der Waals surface area contributed by atoms with Gasteiger partial charge in [-0.2, -0.15) is 0 Å². The summed E-state index contributed by atoms with van der Waals surface area (Å²) in [6.07, 6.45) is 5.07. The van der Waals surface area contributed by atoms with E-state index in [2.05, 4.69) is 50.2 Å². The molecule has 1 saturated heterocycles. The van der Waals surface area contributed by atoms with E-state index in [0.717, 1.165) is 24.0 Å². The molecule has 3 saturated carbocycles. The van der Waals surface area contributed by atoms with Crippen molar-refractivity contribution in [3.05, 3.63) is 54.4 Å². The molecule has 3 N–H and O–H groups in total. The predicted molar refractivity (Wildman–Crippen MR) is 154 cm³/mol. The van der Waals surface area contributed by atoms with Crippen LogP contribution in [0.4, 0.5) is 0 Å². The van der Waals surface area contributed by atoms with Gasteiger partial charge in [0.2, 0.25) is 5.91 Å². The molecule has 4 aliphatic rings. The number of aromatic nitrogens is 1. The van der Waals surface area contributed by atoms with Crippen molar-refractivity contribution in [2.24, 2.45) is 23.2 Å². The molecular formula is C31H42BN3O5. The fraction of sp³-hybridized carbons (Fsp3) is 0.581. The number of pyridine rings is 1. The van der Waals surface area contributed by atoms with Crippen molar-refractivity contribution in [1.82, 2.24) is 15.6 Å². The topological polar surface area (TPSA) is 110 Å². The summed E-state index contributed by atoms with van der Waals surface area (Å²) in [5, 5.41) is 16.3. The number of nitrogens with zero attached hydrogens (tertiary/aromatic N) is 1. The molecule has 0 radical (unpaired) electrons. The maximum Gasteiger partial charge on any atom is 0.481 e. The molecule has 1 aliphatic heterocycles. The van der Waals surface area contributed by atoms with Crippen LogP contribution in [0.25, 0.3) is 11.1 Å². The average Bonchev–Trinajstić information content (AvgIpc) is 3.28. The number of benzene rings is 1. The summed E-state index contributed by atoms with van der Waals surface area (Å²) in [5.41, 5.74) is 1.93. The minimum Gasteiger partial charge on any atom is -0.404 e. The van der Waals surface area contributed by atoms with Gasteiger partial charge in [0.25, 0.3) is 5.91 Å². The number of carbonyl (C=O) groups is 2. The van der Waals surface area contributed by atoms with E-state index in [9.17, 15) is 14.7 Å². The summed E-state index contributed by atoms with van der Waals surface area (Å²) < 4.78 is 13.1. The number of nitrogens with one attached hydrogen (secondary N) is 2. The lowest BCUT2D eigenvalue weighted by Crippen LogP contribution is -2.65. The summed E-state index contributed by atoms with van der Waals surface area (Å²) in [7, 11) is -0.585. The lowest BCUT2D eigenvalue weighted by Gasteiger charge is -2.64. The van der Waals surface area contributed by atoms with E-state index in [4.69, 9.17) is 9.31 Å². The van der Waals surface area contributed by atoms with Gasteiger partial charge in [-0.05, 0) is 80.0 Å². The number of hydrogen-bond donors (Lipinski definition) is 3. The van der Waals surface area contributed by atoms with Crippen LogP contribution in [0.1, 0.15) is 71.2 Å². The van der Waals surface area contributed by atoms with Gasteiger partial charge in [0.05, 0.1) is 23.8 Å². The Morgan fingerprint density at radius 3 is 2.50 bits per heavy atom. The molecule has 0 spiro atoms. The van der Waals surface area contributed by atoms with E-state index in [-0.39, 0.29) is 23.0 Å². The van der Waals surface area contributed by atoms with Crippen molar-refractivity contribution < 1.29 is 24.0 Å². The summed E-state index contributed by atoms with van der Waals surface area (Å²) in [5.74, 6) is -0.0100. The van der Waals surface area contributed by atoms with Crippen LogP contribution in [0.15, 0.2) is 48.8 Å². The fourth-order valence-electron chi connectivity index (χ4n) is 7.09. The minimum atomic E-state index is -1.14. The minimum absolute atomic E-state index is 0.000181. The Kier molecular flexibility index (Phi) is 7.85. The second-order valence-electron chi connectivity index (χ2n) is 13.1. The molecule has 2 aromatic rings. The van der Waals surface area contributed by atoms with Gasteiger partial charge in [-0.3, -0.25) is 14.6 Å². The third-order valence-electron chi connectivity index (χ3n) is 9.52. The molecule has 2 bridgehead atoms. The van der Waals surface area contributed by atoms with E-state index < -0.39 is 37.0 Å². The molecule has 2 heterocycles. The maximum absolute atomic E-state index is 13.6. The van der Waals surface area contributed by atoms with Crippen molar-refractivity contribution in [3.63, 3.8) is 0 Å². The summed E-state index contributed by atoms with van der Waals surface area (Å²) in [4.78, 5) is 30.9. The highest BCUT2D eigenvalue weighted by molar-refractivity contribution is 6.48. The van der Waals surface area contributed by atoms with Gasteiger partial charge in [0.15, 0.2) is 0 Å². The first-order valence-electron chi connectivity index (χ1n) is 14.5. The highest BCUT2D eigenvalue weighted by atomic mass is 16.7. The second kappa shape index (κ2) is 10.9. The van der Waals surface area contributed by atoms with Crippen molar-refractivity contribution in [1.29, 1.82) is 0 Å². The average molecular weight is 548 g/mol. The first-order valence-corrected chi connectivity index (χ1v) is 14.5. The molecule has 40 heavy (non-hydrogen) atoms. The number of hydrogen-bond acceptors (Lipinski definition) is 6. The molecule has 3 aliphatic carbocycles. The van der Waals surface area contributed by atoms with E-state index >= 15 is 0 Å². The number of carbonyl (C=O) groups excluding carboxylic acids is 2.